The van der Waals surface area contributed by atoms with Crippen LogP contribution in [0, 0.1) is 0 Å². The molecule has 0 radical (unpaired) electrons. The van der Waals surface area contributed by atoms with Crippen molar-refractivity contribution < 1.29 is 0 Å². The van der Waals surface area contributed by atoms with Gasteiger partial charge in [0.2, 0.25) is 5.95 Å². The Morgan fingerprint density at radius 2 is 2.04 bits per heavy atom. The molecule has 1 aliphatic heterocycles. The third kappa shape index (κ3) is 3.02. The zero-order valence-corrected chi connectivity index (χ0v) is 14.6. The molecule has 0 saturated carbocycles. The third-order valence-electron chi connectivity index (χ3n) is 4.72. The molecule has 0 aliphatic carbocycles. The summed E-state index contributed by atoms with van der Waals surface area (Å²) in [4.78, 5) is 9.07. The second kappa shape index (κ2) is 6.33. The maximum Gasteiger partial charge on any atom is 0.209 e. The SMILES string of the molecule is CN(C)Cc1ccc(C2CCCN2c2cc3nncn3c(N)n2)cc1. The Hall–Kier alpha value is -2.67. The van der Waals surface area contributed by atoms with Crippen LogP contribution in [0.1, 0.15) is 30.0 Å². The van der Waals surface area contributed by atoms with Crippen molar-refractivity contribution in [2.45, 2.75) is 25.4 Å². The normalized spacial score (nSPS) is 17.7. The Labute approximate surface area is 147 Å². The van der Waals surface area contributed by atoms with Gasteiger partial charge in [0.1, 0.15) is 12.1 Å². The van der Waals surface area contributed by atoms with Gasteiger partial charge in [-0.05, 0) is 38.1 Å². The third-order valence-corrected chi connectivity index (χ3v) is 4.72. The minimum atomic E-state index is 0.325. The van der Waals surface area contributed by atoms with Crippen molar-refractivity contribution in [3.8, 4) is 0 Å². The van der Waals surface area contributed by atoms with Crippen molar-refractivity contribution in [2.24, 2.45) is 0 Å². The van der Waals surface area contributed by atoms with Gasteiger partial charge in [0.15, 0.2) is 5.65 Å². The van der Waals surface area contributed by atoms with E-state index in [2.05, 4.69) is 63.3 Å². The van der Waals surface area contributed by atoms with Gasteiger partial charge in [-0.25, -0.2) is 0 Å². The number of benzene rings is 1. The molecule has 3 heterocycles. The molecule has 1 aromatic carbocycles. The minimum absolute atomic E-state index is 0.325. The molecule has 130 valence electrons. The van der Waals surface area contributed by atoms with Gasteiger partial charge >= 0.3 is 0 Å². The molecule has 1 fully saturated rings. The predicted octanol–water partition coefficient (Wildman–Crippen LogP) is 2.11. The number of rotatable bonds is 4. The summed E-state index contributed by atoms with van der Waals surface area (Å²) in [5.41, 5.74) is 9.44. The standard InChI is InChI=1S/C18H23N7/c1-23(2)11-13-5-7-14(8-6-13)15-4-3-9-24(15)16-10-17-22-20-12-25(17)18(19)21-16/h5-8,10,12,15H,3-4,9,11H2,1-2H3,(H2,19,21). The second-order valence-corrected chi connectivity index (χ2v) is 6.86. The van der Waals surface area contributed by atoms with Crippen LogP contribution in [0.25, 0.3) is 5.65 Å². The topological polar surface area (TPSA) is 75.6 Å². The summed E-state index contributed by atoms with van der Waals surface area (Å²) in [5, 5.41) is 8.02. The Bertz CT molecular complexity index is 869. The Kier molecular flexibility index (Phi) is 4.01. The lowest BCUT2D eigenvalue weighted by Crippen LogP contribution is -2.24. The van der Waals surface area contributed by atoms with Gasteiger partial charge in [0, 0.05) is 19.2 Å². The summed E-state index contributed by atoms with van der Waals surface area (Å²) in [7, 11) is 4.17. The van der Waals surface area contributed by atoms with E-state index in [1.165, 1.54) is 11.1 Å². The van der Waals surface area contributed by atoms with E-state index in [0.717, 1.165) is 37.4 Å². The fraction of sp³-hybridized carbons (Fsp3) is 0.389. The largest absolute Gasteiger partial charge is 0.369 e. The van der Waals surface area contributed by atoms with Crippen LogP contribution in [0.3, 0.4) is 0 Å². The van der Waals surface area contributed by atoms with E-state index in [0.29, 0.717) is 12.0 Å². The van der Waals surface area contributed by atoms with Crippen LogP contribution in [-0.2, 0) is 6.54 Å². The number of nitrogen functional groups attached to an aromatic ring is 1. The summed E-state index contributed by atoms with van der Waals surface area (Å²) in [6, 6.07) is 11.2. The van der Waals surface area contributed by atoms with Crippen molar-refractivity contribution >= 4 is 17.4 Å². The first-order valence-corrected chi connectivity index (χ1v) is 8.58. The highest BCUT2D eigenvalue weighted by molar-refractivity contribution is 5.56. The molecular weight excluding hydrogens is 314 g/mol. The molecule has 2 aromatic heterocycles. The maximum atomic E-state index is 6.06. The summed E-state index contributed by atoms with van der Waals surface area (Å²) in [6.45, 7) is 1.93. The van der Waals surface area contributed by atoms with Crippen molar-refractivity contribution in [2.75, 3.05) is 31.3 Å². The zero-order valence-electron chi connectivity index (χ0n) is 14.6. The van der Waals surface area contributed by atoms with Gasteiger partial charge < -0.3 is 15.5 Å². The average molecular weight is 337 g/mol. The molecule has 1 saturated heterocycles. The molecule has 2 N–H and O–H groups in total. The highest BCUT2D eigenvalue weighted by Crippen LogP contribution is 2.36. The minimum Gasteiger partial charge on any atom is -0.369 e. The Morgan fingerprint density at radius 1 is 1.24 bits per heavy atom. The van der Waals surface area contributed by atoms with Crippen molar-refractivity contribution in [3.05, 3.63) is 47.8 Å². The van der Waals surface area contributed by atoms with Crippen molar-refractivity contribution in [1.29, 1.82) is 0 Å². The molecule has 0 bridgehead atoms. The predicted molar refractivity (Wildman–Crippen MR) is 98.3 cm³/mol. The van der Waals surface area contributed by atoms with Gasteiger partial charge in [-0.2, -0.15) is 4.98 Å². The molecule has 3 aromatic rings. The van der Waals surface area contributed by atoms with Gasteiger partial charge in [-0.1, -0.05) is 24.3 Å². The number of anilines is 2. The molecule has 1 atom stereocenters. The first-order chi connectivity index (χ1) is 12.1. The summed E-state index contributed by atoms with van der Waals surface area (Å²) in [5.74, 6) is 1.29. The van der Waals surface area contributed by atoms with Crippen LogP contribution >= 0.6 is 0 Å². The highest BCUT2D eigenvalue weighted by atomic mass is 15.3. The number of hydrogen-bond acceptors (Lipinski definition) is 6. The molecule has 1 unspecified atom stereocenters. The maximum absolute atomic E-state index is 6.06. The quantitative estimate of drug-likeness (QED) is 0.786. The Balaban J connectivity index is 1.63. The lowest BCUT2D eigenvalue weighted by Gasteiger charge is -2.26. The van der Waals surface area contributed by atoms with Crippen molar-refractivity contribution in [1.82, 2.24) is 24.5 Å². The molecule has 0 amide bonds. The molecule has 25 heavy (non-hydrogen) atoms. The van der Waals surface area contributed by atoms with Crippen LogP contribution in [0.4, 0.5) is 11.8 Å². The highest BCUT2D eigenvalue weighted by Gasteiger charge is 2.27. The van der Waals surface area contributed by atoms with Crippen LogP contribution in [0.5, 0.6) is 0 Å². The van der Waals surface area contributed by atoms with E-state index >= 15 is 0 Å². The number of fused-ring (bicyclic) bond motifs is 1. The van der Waals surface area contributed by atoms with E-state index in [1.807, 2.05) is 6.07 Å². The van der Waals surface area contributed by atoms with Gasteiger partial charge in [0.05, 0.1) is 6.04 Å². The van der Waals surface area contributed by atoms with Crippen LogP contribution in [-0.4, -0.2) is 45.1 Å². The van der Waals surface area contributed by atoms with E-state index in [4.69, 9.17) is 5.73 Å². The first kappa shape index (κ1) is 15.8. The van der Waals surface area contributed by atoms with E-state index in [9.17, 15) is 0 Å². The molecule has 4 rings (SSSR count). The Morgan fingerprint density at radius 3 is 2.80 bits per heavy atom. The number of aromatic nitrogens is 4. The van der Waals surface area contributed by atoms with E-state index in [-0.39, 0.29) is 0 Å². The molecule has 7 nitrogen and oxygen atoms in total. The van der Waals surface area contributed by atoms with Crippen LogP contribution < -0.4 is 10.6 Å². The smallest absolute Gasteiger partial charge is 0.209 e. The van der Waals surface area contributed by atoms with Gasteiger partial charge in [-0.15, -0.1) is 10.2 Å². The average Bonchev–Trinajstić information content (AvgIpc) is 3.24. The van der Waals surface area contributed by atoms with Crippen molar-refractivity contribution in [3.63, 3.8) is 0 Å². The lowest BCUT2D eigenvalue weighted by atomic mass is 10.0. The zero-order chi connectivity index (χ0) is 17.4. The lowest BCUT2D eigenvalue weighted by molar-refractivity contribution is 0.402. The second-order valence-electron chi connectivity index (χ2n) is 6.86. The van der Waals surface area contributed by atoms with Crippen LogP contribution in [0.15, 0.2) is 36.7 Å². The fourth-order valence-electron chi connectivity index (χ4n) is 3.58. The summed E-state index contributed by atoms with van der Waals surface area (Å²) >= 11 is 0. The van der Waals surface area contributed by atoms with Crippen LogP contribution in [0.2, 0.25) is 0 Å². The number of hydrogen-bond donors (Lipinski definition) is 1. The first-order valence-electron chi connectivity index (χ1n) is 8.58. The van der Waals surface area contributed by atoms with Gasteiger partial charge in [0.25, 0.3) is 0 Å². The van der Waals surface area contributed by atoms with Gasteiger partial charge in [-0.3, -0.25) is 4.40 Å². The number of nitrogens with two attached hydrogens (primary N) is 1. The molecule has 1 aliphatic rings. The fourth-order valence-corrected chi connectivity index (χ4v) is 3.58. The molecular formula is C18H23N7. The monoisotopic (exact) mass is 337 g/mol. The molecule has 7 heteroatoms. The summed E-state index contributed by atoms with van der Waals surface area (Å²) in [6.07, 6.45) is 3.85. The van der Waals surface area contributed by atoms with E-state index < -0.39 is 0 Å². The molecule has 0 spiro atoms. The van der Waals surface area contributed by atoms with E-state index in [1.54, 1.807) is 10.7 Å². The number of nitrogens with zero attached hydrogens (tertiary/aromatic N) is 6. The summed E-state index contributed by atoms with van der Waals surface area (Å²) < 4.78 is 1.70.